The van der Waals surface area contributed by atoms with E-state index in [9.17, 15) is 27.6 Å². The molecule has 1 aliphatic heterocycles. The van der Waals surface area contributed by atoms with Gasteiger partial charge < -0.3 is 15.0 Å². The second kappa shape index (κ2) is 11.8. The molecule has 0 aliphatic carbocycles. The fraction of sp³-hybridized carbons (Fsp3) is 0.258. The van der Waals surface area contributed by atoms with Crippen molar-refractivity contribution in [3.05, 3.63) is 88.8 Å². The largest absolute Gasteiger partial charge is 0.440 e. The maximum atomic E-state index is 13.4. The molecule has 2 N–H and O–H groups in total. The van der Waals surface area contributed by atoms with Crippen LogP contribution in [0.2, 0.25) is 0 Å². The van der Waals surface area contributed by atoms with Crippen LogP contribution < -0.4 is 10.9 Å². The lowest BCUT2D eigenvalue weighted by Crippen LogP contribution is -2.40. The van der Waals surface area contributed by atoms with E-state index in [1.807, 2.05) is 48.5 Å². The van der Waals surface area contributed by atoms with Crippen molar-refractivity contribution in [2.24, 2.45) is 5.92 Å². The Labute approximate surface area is 248 Å². The minimum absolute atomic E-state index is 0.103. The maximum absolute atomic E-state index is 13.4. The van der Waals surface area contributed by atoms with E-state index in [4.69, 9.17) is 0 Å². The molecule has 0 bridgehead atoms. The Kier molecular flexibility index (Phi) is 7.77. The number of nitrogens with one attached hydrogen (secondary N) is 2. The van der Waals surface area contributed by atoms with Crippen molar-refractivity contribution < 1.29 is 27.5 Å². The average molecular weight is 605 g/mol. The average Bonchev–Trinajstić information content (AvgIpc) is 3.39. The number of hydrogen-bond donors (Lipinski definition) is 2. The molecule has 0 atom stereocenters. The molecule has 2 amide bonds. The van der Waals surface area contributed by atoms with Crippen molar-refractivity contribution in [3.63, 3.8) is 0 Å². The Bertz CT molecular complexity index is 1890. The van der Waals surface area contributed by atoms with E-state index in [1.165, 1.54) is 4.90 Å². The predicted molar refractivity (Wildman–Crippen MR) is 157 cm³/mol. The topological polar surface area (TPSA) is 122 Å². The number of carbonyl (C=O) groups is 2. The number of aromatic amines is 1. The van der Waals surface area contributed by atoms with Crippen LogP contribution in [-0.2, 0) is 11.3 Å². The number of nitrogens with zero attached hydrogens (tertiary/aromatic N) is 4. The highest BCUT2D eigenvalue weighted by Gasteiger charge is 2.32. The molecule has 13 heteroatoms. The molecule has 10 nitrogen and oxygen atoms in total. The first-order valence-corrected chi connectivity index (χ1v) is 14.0. The fourth-order valence-electron chi connectivity index (χ4n) is 5.45. The SMILES string of the molecule is O=C(Nc1ccc(-c2n[nH]c(=O)c3ccccc23)cc1)c1nn(CC2CCN(C(=O)OCC(F)(F)F)CC2)c2ccccc12. The molecule has 1 aliphatic rings. The molecule has 2 aromatic heterocycles. The number of anilines is 1. The Morgan fingerprint density at radius 2 is 1.59 bits per heavy atom. The van der Waals surface area contributed by atoms with Crippen LogP contribution in [0.15, 0.2) is 77.6 Å². The highest BCUT2D eigenvalue weighted by Crippen LogP contribution is 2.27. The number of likely N-dealkylation sites (tertiary alicyclic amines) is 1. The van der Waals surface area contributed by atoms with Gasteiger partial charge in [0.05, 0.1) is 16.6 Å². The lowest BCUT2D eigenvalue weighted by Gasteiger charge is -2.31. The number of ether oxygens (including phenoxy) is 1. The normalized spacial score (nSPS) is 14.2. The van der Waals surface area contributed by atoms with Crippen LogP contribution in [0.3, 0.4) is 0 Å². The molecule has 6 rings (SSSR count). The summed E-state index contributed by atoms with van der Waals surface area (Å²) < 4.78 is 43.3. The monoisotopic (exact) mass is 604 g/mol. The molecule has 44 heavy (non-hydrogen) atoms. The Balaban J connectivity index is 1.14. The number of piperidine rings is 1. The second-order valence-corrected chi connectivity index (χ2v) is 10.6. The van der Waals surface area contributed by atoms with Crippen LogP contribution in [0.1, 0.15) is 23.3 Å². The number of fused-ring (bicyclic) bond motifs is 2. The molecule has 1 fully saturated rings. The van der Waals surface area contributed by atoms with Crippen LogP contribution in [0.4, 0.5) is 23.7 Å². The lowest BCUT2D eigenvalue weighted by atomic mass is 9.97. The summed E-state index contributed by atoms with van der Waals surface area (Å²) in [5.74, 6) is -0.284. The number of carbonyl (C=O) groups excluding carboxylic acids is 2. The zero-order valence-corrected chi connectivity index (χ0v) is 23.3. The zero-order valence-electron chi connectivity index (χ0n) is 23.3. The van der Waals surface area contributed by atoms with Crippen molar-refractivity contribution in [1.29, 1.82) is 0 Å². The molecular weight excluding hydrogens is 577 g/mol. The van der Waals surface area contributed by atoms with Gasteiger partial charge in [0.1, 0.15) is 0 Å². The molecule has 0 radical (unpaired) electrons. The number of halogens is 3. The van der Waals surface area contributed by atoms with Gasteiger partial charge in [-0.05, 0) is 43.0 Å². The molecule has 3 aromatic carbocycles. The first-order valence-electron chi connectivity index (χ1n) is 14.0. The van der Waals surface area contributed by atoms with Crippen molar-refractivity contribution in [2.45, 2.75) is 25.6 Å². The van der Waals surface area contributed by atoms with Gasteiger partial charge in [0, 0.05) is 41.7 Å². The van der Waals surface area contributed by atoms with E-state index in [-0.39, 0.29) is 36.2 Å². The van der Waals surface area contributed by atoms with Crippen LogP contribution >= 0.6 is 0 Å². The van der Waals surface area contributed by atoms with E-state index in [0.29, 0.717) is 41.5 Å². The van der Waals surface area contributed by atoms with E-state index in [1.54, 1.807) is 28.9 Å². The number of rotatable bonds is 6. The number of benzene rings is 3. The first kappa shape index (κ1) is 28.9. The van der Waals surface area contributed by atoms with Gasteiger partial charge in [-0.15, -0.1) is 0 Å². The number of alkyl halides is 3. The summed E-state index contributed by atoms with van der Waals surface area (Å²) >= 11 is 0. The van der Waals surface area contributed by atoms with Gasteiger partial charge in [-0.2, -0.15) is 23.4 Å². The maximum Gasteiger partial charge on any atom is 0.422 e. The number of H-pyrrole nitrogens is 1. The summed E-state index contributed by atoms with van der Waals surface area (Å²) in [6.07, 6.45) is -4.42. The van der Waals surface area contributed by atoms with E-state index < -0.39 is 18.9 Å². The van der Waals surface area contributed by atoms with E-state index >= 15 is 0 Å². The third kappa shape index (κ3) is 6.12. The molecule has 0 unspecified atom stereocenters. The highest BCUT2D eigenvalue weighted by atomic mass is 19.4. The summed E-state index contributed by atoms with van der Waals surface area (Å²) in [6, 6.07) is 21.7. The van der Waals surface area contributed by atoms with Crippen LogP contribution in [0, 0.1) is 5.92 Å². The van der Waals surface area contributed by atoms with Crippen molar-refractivity contribution in [2.75, 3.05) is 25.0 Å². The Morgan fingerprint density at radius 3 is 2.30 bits per heavy atom. The van der Waals surface area contributed by atoms with Gasteiger partial charge in [0.25, 0.3) is 11.5 Å². The first-order chi connectivity index (χ1) is 21.2. The quantitative estimate of drug-likeness (QED) is 0.260. The molecule has 5 aromatic rings. The predicted octanol–water partition coefficient (Wildman–Crippen LogP) is 5.60. The summed E-state index contributed by atoms with van der Waals surface area (Å²) in [7, 11) is 0. The molecule has 3 heterocycles. The number of amides is 2. The minimum atomic E-state index is -4.57. The van der Waals surface area contributed by atoms with Crippen LogP contribution in [0.25, 0.3) is 32.9 Å². The van der Waals surface area contributed by atoms with Gasteiger partial charge >= 0.3 is 12.3 Å². The third-order valence-corrected chi connectivity index (χ3v) is 7.65. The number of para-hydroxylation sites is 1. The van der Waals surface area contributed by atoms with Crippen molar-refractivity contribution in [3.8, 4) is 11.3 Å². The van der Waals surface area contributed by atoms with Gasteiger partial charge in [-0.1, -0.05) is 48.5 Å². The summed E-state index contributed by atoms with van der Waals surface area (Å²) in [5, 5.41) is 16.2. The van der Waals surface area contributed by atoms with Gasteiger partial charge in [-0.25, -0.2) is 9.89 Å². The van der Waals surface area contributed by atoms with E-state index in [0.717, 1.165) is 16.5 Å². The second-order valence-electron chi connectivity index (χ2n) is 10.6. The third-order valence-electron chi connectivity index (χ3n) is 7.65. The van der Waals surface area contributed by atoms with Gasteiger partial charge in [0.2, 0.25) is 0 Å². The number of hydrogen-bond acceptors (Lipinski definition) is 6. The standard InChI is InChI=1S/C31H27F3N6O4/c32-31(33,34)18-44-30(43)39-15-13-19(14-16-39)17-40-25-8-4-3-7-24(25)27(38-40)29(42)35-21-11-9-20(10-12-21)26-22-5-1-2-6-23(22)28(41)37-36-26/h1-12,19H,13-18H2,(H,35,42)(H,37,41). The molecular formula is C31H27F3N6O4. The molecule has 226 valence electrons. The van der Waals surface area contributed by atoms with Gasteiger partial charge in [-0.3, -0.25) is 14.3 Å². The van der Waals surface area contributed by atoms with Crippen molar-refractivity contribution >= 4 is 39.4 Å². The molecule has 0 saturated carbocycles. The molecule has 0 spiro atoms. The Morgan fingerprint density at radius 1 is 0.932 bits per heavy atom. The summed E-state index contributed by atoms with van der Waals surface area (Å²) in [4.78, 5) is 38.8. The summed E-state index contributed by atoms with van der Waals surface area (Å²) in [5.41, 5.74) is 2.70. The van der Waals surface area contributed by atoms with Crippen LogP contribution in [0.5, 0.6) is 0 Å². The zero-order chi connectivity index (χ0) is 30.8. The van der Waals surface area contributed by atoms with Crippen molar-refractivity contribution in [1.82, 2.24) is 24.9 Å². The minimum Gasteiger partial charge on any atom is -0.440 e. The molecule has 1 saturated heterocycles. The van der Waals surface area contributed by atoms with E-state index in [2.05, 4.69) is 25.3 Å². The fourth-order valence-corrected chi connectivity index (χ4v) is 5.45. The number of aromatic nitrogens is 4. The Hall–Kier alpha value is -5.20. The van der Waals surface area contributed by atoms with Gasteiger partial charge in [0.15, 0.2) is 12.3 Å². The lowest BCUT2D eigenvalue weighted by molar-refractivity contribution is -0.162. The smallest absolute Gasteiger partial charge is 0.422 e. The highest BCUT2D eigenvalue weighted by molar-refractivity contribution is 6.11. The summed E-state index contributed by atoms with van der Waals surface area (Å²) in [6.45, 7) is -0.583. The van der Waals surface area contributed by atoms with Crippen LogP contribution in [-0.4, -0.2) is 62.8 Å².